The maximum absolute atomic E-state index is 12.8. The van der Waals surface area contributed by atoms with E-state index in [9.17, 15) is 44.7 Å². The van der Waals surface area contributed by atoms with Crippen LogP contribution in [0.2, 0.25) is 10.0 Å². The molecule has 0 fully saturated rings. The van der Waals surface area contributed by atoms with E-state index in [1.165, 1.54) is 48.5 Å². The first-order valence-corrected chi connectivity index (χ1v) is 15.5. The van der Waals surface area contributed by atoms with Crippen LogP contribution in [0.1, 0.15) is 105 Å². The van der Waals surface area contributed by atoms with Gasteiger partial charge in [-0.3, -0.25) is 9.59 Å². The lowest BCUT2D eigenvalue weighted by Gasteiger charge is -2.23. The van der Waals surface area contributed by atoms with Crippen LogP contribution in [0.3, 0.4) is 0 Å². The van der Waals surface area contributed by atoms with Gasteiger partial charge < -0.3 is 30.3 Å². The first kappa shape index (κ1) is 38.4. The summed E-state index contributed by atoms with van der Waals surface area (Å²) in [7, 11) is 1.13. The molecule has 0 amide bonds. The number of methoxy groups -OCH3 is 1. The summed E-state index contributed by atoms with van der Waals surface area (Å²) in [4.78, 5) is 48.9. The number of carbonyl (C=O) groups excluding carboxylic acids is 3. The predicted octanol–water partition coefficient (Wildman–Crippen LogP) is 8.04. The number of carboxylic acids is 1. The first-order valence-electron chi connectivity index (χ1n) is 14.7. The van der Waals surface area contributed by atoms with Crippen molar-refractivity contribution in [3.8, 4) is 23.0 Å². The van der Waals surface area contributed by atoms with E-state index >= 15 is 0 Å². The van der Waals surface area contributed by atoms with Crippen LogP contribution in [0.25, 0.3) is 0 Å². The molecule has 0 spiro atoms. The van der Waals surface area contributed by atoms with Gasteiger partial charge in [-0.05, 0) is 71.5 Å². The number of rotatable bonds is 6. The van der Waals surface area contributed by atoms with Crippen molar-refractivity contribution in [1.29, 1.82) is 0 Å². The minimum Gasteiger partial charge on any atom is -0.507 e. The van der Waals surface area contributed by atoms with Crippen LogP contribution in [-0.2, 0) is 15.6 Å². The number of hydrogen-bond donors (Lipinski definition) is 5. The van der Waals surface area contributed by atoms with Gasteiger partial charge in [-0.2, -0.15) is 0 Å². The van der Waals surface area contributed by atoms with Crippen molar-refractivity contribution < 1.29 is 49.4 Å². The smallest absolute Gasteiger partial charge is 0.345 e. The maximum atomic E-state index is 12.8. The summed E-state index contributed by atoms with van der Waals surface area (Å²) >= 11 is 11.6. The summed E-state index contributed by atoms with van der Waals surface area (Å²) in [5, 5.41) is 51.5. The third-order valence-corrected chi connectivity index (χ3v) is 7.97. The van der Waals surface area contributed by atoms with Crippen molar-refractivity contribution in [2.24, 2.45) is 0 Å². The van der Waals surface area contributed by atoms with Crippen molar-refractivity contribution in [3.05, 3.63) is 115 Å². The number of hydrogen-bond acceptors (Lipinski definition) is 9. The molecule has 0 aliphatic carbocycles. The Hall–Kier alpha value is -5.06. The lowest BCUT2D eigenvalue weighted by molar-refractivity contribution is 0.0592. The quantitative estimate of drug-likeness (QED) is 0.0971. The predicted molar refractivity (Wildman–Crippen MR) is 185 cm³/mol. The lowest BCUT2D eigenvalue weighted by atomic mass is 9.82. The number of halogens is 2. The number of aromatic hydroxyl groups is 4. The number of aromatic carboxylic acids is 1. The molecule has 0 radical (unpaired) electrons. The standard InChI is InChI=1S/C19H19ClO5.C18H17ClO5/c1-19(2,3)13-9-12(15(21)10-5-7-11(20)8-6-10)16(22)14(17(13)23)18(24)25-4;1-18(2,3)12-8-11(15(21)13(16(12)22)17(23)24)14(20)9-4-6-10(19)7-5-9/h5-9,22-23H,1-4H3;4-8,21-22H,1-3H3,(H,23,24). The Balaban J connectivity index is 0.000000266. The molecule has 5 N–H and O–H groups in total. The van der Waals surface area contributed by atoms with Gasteiger partial charge in [0.25, 0.3) is 0 Å². The van der Waals surface area contributed by atoms with E-state index in [4.69, 9.17) is 23.2 Å². The number of carbonyl (C=O) groups is 4. The topological polar surface area (TPSA) is 179 Å². The average molecular weight is 712 g/mol. The van der Waals surface area contributed by atoms with Crippen molar-refractivity contribution >= 4 is 46.7 Å². The van der Waals surface area contributed by atoms with Gasteiger partial charge in [-0.1, -0.05) is 64.7 Å². The third-order valence-electron chi connectivity index (χ3n) is 7.47. The second-order valence-electron chi connectivity index (χ2n) is 13.1. The number of phenolic OH excluding ortho intramolecular Hbond substituents is 2. The molecule has 0 heterocycles. The summed E-state index contributed by atoms with van der Waals surface area (Å²) in [6, 6.07) is 14.9. The SMILES string of the molecule is CC(C)(C)c1cc(C(=O)c2ccc(Cl)cc2)c(O)c(C(=O)O)c1O.COC(=O)c1c(O)c(C(=O)c2ccc(Cl)cc2)cc(C(C)(C)C)c1O. The van der Waals surface area contributed by atoms with E-state index < -0.39 is 68.5 Å². The second-order valence-corrected chi connectivity index (χ2v) is 13.9. The largest absolute Gasteiger partial charge is 0.507 e. The molecule has 4 aromatic carbocycles. The monoisotopic (exact) mass is 710 g/mol. The first-order chi connectivity index (χ1) is 22.6. The summed E-state index contributed by atoms with van der Waals surface area (Å²) in [6.07, 6.45) is 0. The number of carboxylic acid groups (broad SMARTS) is 1. The van der Waals surface area contributed by atoms with E-state index in [-0.39, 0.29) is 22.3 Å². The maximum Gasteiger partial charge on any atom is 0.345 e. The Bertz CT molecular complexity index is 1930. The average Bonchev–Trinajstić information content (AvgIpc) is 3.00. The highest BCUT2D eigenvalue weighted by Crippen LogP contribution is 2.42. The molecule has 4 aromatic rings. The Labute approximate surface area is 293 Å². The van der Waals surface area contributed by atoms with Gasteiger partial charge >= 0.3 is 11.9 Å². The van der Waals surface area contributed by atoms with E-state index in [2.05, 4.69) is 4.74 Å². The minimum absolute atomic E-state index is 0.0922. The molecule has 10 nitrogen and oxygen atoms in total. The summed E-state index contributed by atoms with van der Waals surface area (Å²) < 4.78 is 4.63. The molecule has 0 unspecified atom stereocenters. The van der Waals surface area contributed by atoms with Crippen LogP contribution >= 0.6 is 23.2 Å². The molecule has 0 saturated heterocycles. The van der Waals surface area contributed by atoms with Gasteiger partial charge in [0.05, 0.1) is 18.2 Å². The van der Waals surface area contributed by atoms with Crippen molar-refractivity contribution in [2.75, 3.05) is 7.11 Å². The molecule has 0 bridgehead atoms. The summed E-state index contributed by atoms with van der Waals surface area (Å²) in [6.45, 7) is 10.7. The van der Waals surface area contributed by atoms with Gasteiger partial charge in [-0.15, -0.1) is 0 Å². The number of esters is 1. The molecular formula is C37H36Cl2O10. The fourth-order valence-corrected chi connectivity index (χ4v) is 5.08. The molecule has 12 heteroatoms. The lowest BCUT2D eigenvalue weighted by Crippen LogP contribution is -2.16. The van der Waals surface area contributed by atoms with Crippen molar-refractivity contribution in [1.82, 2.24) is 0 Å². The van der Waals surface area contributed by atoms with Gasteiger partial charge in [0.2, 0.25) is 0 Å². The minimum atomic E-state index is -1.51. The molecular weight excluding hydrogens is 675 g/mol. The van der Waals surface area contributed by atoms with Crippen molar-refractivity contribution in [2.45, 2.75) is 52.4 Å². The zero-order valence-corrected chi connectivity index (χ0v) is 29.3. The fourth-order valence-electron chi connectivity index (χ4n) is 4.83. The molecule has 4 rings (SSSR count). The molecule has 0 aliphatic heterocycles. The third kappa shape index (κ3) is 8.33. The van der Waals surface area contributed by atoms with Crippen LogP contribution in [-0.4, -0.2) is 56.1 Å². The molecule has 0 saturated carbocycles. The fraction of sp³-hybridized carbons (Fsp3) is 0.243. The Morgan fingerprint density at radius 2 is 0.898 bits per heavy atom. The molecule has 258 valence electrons. The number of benzene rings is 4. The number of ketones is 2. The van der Waals surface area contributed by atoms with Crippen molar-refractivity contribution in [3.63, 3.8) is 0 Å². The second kappa shape index (κ2) is 14.6. The molecule has 49 heavy (non-hydrogen) atoms. The Kier molecular flexibility index (Phi) is 11.4. The van der Waals surface area contributed by atoms with E-state index in [0.717, 1.165) is 7.11 Å². The molecule has 0 aromatic heterocycles. The van der Waals surface area contributed by atoms with E-state index in [1.54, 1.807) is 32.9 Å². The summed E-state index contributed by atoms with van der Waals surface area (Å²) in [5.41, 5.74) is -1.43. The van der Waals surface area contributed by atoms with Gasteiger partial charge in [0.1, 0.15) is 34.1 Å². The highest BCUT2D eigenvalue weighted by atomic mass is 35.5. The number of ether oxygens (including phenoxy) is 1. The Morgan fingerprint density at radius 3 is 1.20 bits per heavy atom. The van der Waals surface area contributed by atoms with Gasteiger partial charge in [-0.25, -0.2) is 9.59 Å². The van der Waals surface area contributed by atoms with Gasteiger partial charge in [0.15, 0.2) is 11.6 Å². The summed E-state index contributed by atoms with van der Waals surface area (Å²) in [5.74, 6) is -5.80. The van der Waals surface area contributed by atoms with Crippen LogP contribution in [0.5, 0.6) is 23.0 Å². The zero-order valence-electron chi connectivity index (χ0n) is 27.8. The van der Waals surface area contributed by atoms with Crippen LogP contribution < -0.4 is 0 Å². The van der Waals surface area contributed by atoms with Crippen LogP contribution in [0.15, 0.2) is 60.7 Å². The highest BCUT2D eigenvalue weighted by Gasteiger charge is 2.32. The van der Waals surface area contributed by atoms with E-state index in [0.29, 0.717) is 21.2 Å². The van der Waals surface area contributed by atoms with Gasteiger partial charge in [0, 0.05) is 32.3 Å². The Morgan fingerprint density at radius 1 is 0.571 bits per heavy atom. The van der Waals surface area contributed by atoms with Crippen LogP contribution in [0.4, 0.5) is 0 Å². The zero-order chi connectivity index (χ0) is 37.2. The van der Waals surface area contributed by atoms with Crippen LogP contribution in [0, 0.1) is 0 Å². The molecule has 0 aliphatic rings. The number of phenols is 4. The van der Waals surface area contributed by atoms with E-state index in [1.807, 2.05) is 20.8 Å². The normalized spacial score (nSPS) is 11.3. The highest BCUT2D eigenvalue weighted by molar-refractivity contribution is 6.31. The molecule has 0 atom stereocenters.